The number of thiophene rings is 2. The molecule has 182 valence electrons. The maximum Gasteiger partial charge on any atom is 0.0789 e. The molecule has 0 aliphatic heterocycles. The van der Waals surface area contributed by atoms with E-state index in [9.17, 15) is 5.11 Å². The number of aliphatic hydroxyl groups is 1. The third-order valence-corrected chi connectivity index (χ3v) is 9.32. The first-order valence-electron chi connectivity index (χ1n) is 12.5. The largest absolute Gasteiger partial charge is 0.388 e. The molecule has 0 saturated carbocycles. The molecule has 2 atom stereocenters. The van der Waals surface area contributed by atoms with Gasteiger partial charge in [0.2, 0.25) is 0 Å². The van der Waals surface area contributed by atoms with Gasteiger partial charge in [-0.2, -0.15) is 0 Å². The standard InChI is InChI=1S/C33H32OS2/c1-5-12-31(34)26-18-30(28-20-33(36-23(28)4)25-15-10-7-11-16-25)29(17-21(26)2)27-19-32(35-22(27)3)24-13-8-6-9-14-24/h5-16,19-20,26,31,34H,2,17-18H2,1,3-4H3/b12-5+. The third-order valence-electron chi connectivity index (χ3n) is 7.12. The number of rotatable bonds is 6. The zero-order valence-corrected chi connectivity index (χ0v) is 22.8. The number of hydrogen-bond donors (Lipinski definition) is 1. The summed E-state index contributed by atoms with van der Waals surface area (Å²) in [7, 11) is 0. The van der Waals surface area contributed by atoms with Gasteiger partial charge in [0.1, 0.15) is 0 Å². The molecular formula is C33H32OS2. The van der Waals surface area contributed by atoms with Crippen LogP contribution in [0.1, 0.15) is 40.6 Å². The van der Waals surface area contributed by atoms with Crippen molar-refractivity contribution >= 4 is 33.8 Å². The molecule has 1 aliphatic rings. The lowest BCUT2D eigenvalue weighted by Crippen LogP contribution is -2.24. The lowest BCUT2D eigenvalue weighted by atomic mass is 9.74. The smallest absolute Gasteiger partial charge is 0.0789 e. The Morgan fingerprint density at radius 2 is 1.33 bits per heavy atom. The molecule has 0 saturated heterocycles. The molecule has 2 aromatic heterocycles. The monoisotopic (exact) mass is 508 g/mol. The maximum atomic E-state index is 11.0. The molecule has 1 N–H and O–H groups in total. The Labute approximate surface area is 222 Å². The van der Waals surface area contributed by atoms with E-state index < -0.39 is 6.10 Å². The predicted molar refractivity (Wildman–Crippen MR) is 158 cm³/mol. The Morgan fingerprint density at radius 3 is 1.83 bits per heavy atom. The van der Waals surface area contributed by atoms with Gasteiger partial charge in [-0.15, -0.1) is 22.7 Å². The minimum Gasteiger partial charge on any atom is -0.388 e. The van der Waals surface area contributed by atoms with E-state index >= 15 is 0 Å². The lowest BCUT2D eigenvalue weighted by molar-refractivity contribution is 0.171. The summed E-state index contributed by atoms with van der Waals surface area (Å²) in [6.07, 6.45) is 4.90. The highest BCUT2D eigenvalue weighted by molar-refractivity contribution is 7.16. The molecule has 3 heteroatoms. The van der Waals surface area contributed by atoms with Crippen LogP contribution >= 0.6 is 22.7 Å². The zero-order chi connectivity index (χ0) is 25.2. The van der Waals surface area contributed by atoms with Gasteiger partial charge in [-0.25, -0.2) is 0 Å². The van der Waals surface area contributed by atoms with E-state index in [2.05, 4.69) is 93.2 Å². The van der Waals surface area contributed by atoms with Crippen LogP contribution in [0.5, 0.6) is 0 Å². The summed E-state index contributed by atoms with van der Waals surface area (Å²) in [6.45, 7) is 10.9. The van der Waals surface area contributed by atoms with Crippen LogP contribution in [-0.4, -0.2) is 11.2 Å². The Kier molecular flexibility index (Phi) is 7.25. The van der Waals surface area contributed by atoms with E-state index in [4.69, 9.17) is 0 Å². The predicted octanol–water partition coefficient (Wildman–Crippen LogP) is 9.57. The first-order valence-corrected chi connectivity index (χ1v) is 14.1. The molecule has 0 radical (unpaired) electrons. The molecule has 1 aliphatic carbocycles. The Hall–Kier alpha value is -2.98. The number of allylic oxidation sites excluding steroid dienone is 3. The summed E-state index contributed by atoms with van der Waals surface area (Å²) in [6, 6.07) is 26.0. The topological polar surface area (TPSA) is 20.2 Å². The summed E-state index contributed by atoms with van der Waals surface area (Å²) in [4.78, 5) is 5.24. The summed E-state index contributed by atoms with van der Waals surface area (Å²) >= 11 is 3.71. The van der Waals surface area contributed by atoms with E-state index in [-0.39, 0.29) is 5.92 Å². The van der Waals surface area contributed by atoms with Gasteiger partial charge in [-0.3, -0.25) is 0 Å². The number of aliphatic hydroxyl groups excluding tert-OH is 1. The summed E-state index contributed by atoms with van der Waals surface area (Å²) in [5, 5.41) is 11.0. The number of aryl methyl sites for hydroxylation is 2. The van der Waals surface area contributed by atoms with Gasteiger partial charge in [-0.1, -0.05) is 85.0 Å². The molecule has 2 heterocycles. The molecule has 2 aromatic carbocycles. The van der Waals surface area contributed by atoms with Crippen LogP contribution in [0.15, 0.2) is 97.1 Å². The van der Waals surface area contributed by atoms with Crippen molar-refractivity contribution in [2.24, 2.45) is 5.92 Å². The Morgan fingerprint density at radius 1 is 0.833 bits per heavy atom. The van der Waals surface area contributed by atoms with Gasteiger partial charge in [0.05, 0.1) is 6.10 Å². The Bertz CT molecular complexity index is 1430. The van der Waals surface area contributed by atoms with E-state index in [1.165, 1.54) is 52.9 Å². The lowest BCUT2D eigenvalue weighted by Gasteiger charge is -2.32. The van der Waals surface area contributed by atoms with Crippen molar-refractivity contribution in [3.05, 3.63) is 118 Å². The quantitative estimate of drug-likeness (QED) is 0.257. The van der Waals surface area contributed by atoms with Gasteiger partial charge < -0.3 is 5.11 Å². The molecule has 4 aromatic rings. The second kappa shape index (κ2) is 10.6. The molecule has 2 unspecified atom stereocenters. The molecular weight excluding hydrogens is 476 g/mol. The number of hydrogen-bond acceptors (Lipinski definition) is 3. The van der Waals surface area contributed by atoms with Crippen LogP contribution in [0.25, 0.3) is 32.0 Å². The van der Waals surface area contributed by atoms with Crippen molar-refractivity contribution in [1.82, 2.24) is 0 Å². The fourth-order valence-corrected chi connectivity index (χ4v) is 7.33. The summed E-state index contributed by atoms with van der Waals surface area (Å²) < 4.78 is 0. The van der Waals surface area contributed by atoms with Gasteiger partial charge in [0.25, 0.3) is 0 Å². The highest BCUT2D eigenvalue weighted by Gasteiger charge is 2.31. The van der Waals surface area contributed by atoms with Gasteiger partial charge in [0, 0.05) is 25.4 Å². The fraction of sp³-hybridized carbons (Fsp3) is 0.212. The summed E-state index contributed by atoms with van der Waals surface area (Å²) in [5.41, 5.74) is 8.97. The van der Waals surface area contributed by atoms with Crippen molar-refractivity contribution in [2.75, 3.05) is 0 Å². The summed E-state index contributed by atoms with van der Waals surface area (Å²) in [5.74, 6) is 0.0203. The van der Waals surface area contributed by atoms with Crippen molar-refractivity contribution in [3.63, 3.8) is 0 Å². The van der Waals surface area contributed by atoms with Crippen LogP contribution < -0.4 is 0 Å². The van der Waals surface area contributed by atoms with Crippen molar-refractivity contribution in [1.29, 1.82) is 0 Å². The third kappa shape index (κ3) is 4.84. The average molecular weight is 509 g/mol. The SMILES string of the molecule is C=C1CC(c2cc(-c3ccccc3)sc2C)=C(c2cc(-c3ccccc3)sc2C)CC1C(O)/C=C/C. The minimum atomic E-state index is -0.518. The molecule has 0 spiro atoms. The van der Waals surface area contributed by atoms with Gasteiger partial charge in [-0.05, 0) is 79.1 Å². The first-order chi connectivity index (χ1) is 17.5. The maximum absolute atomic E-state index is 11.0. The first kappa shape index (κ1) is 24.7. The average Bonchev–Trinajstić information content (AvgIpc) is 3.47. The van der Waals surface area contributed by atoms with E-state index in [1.807, 2.05) is 41.7 Å². The molecule has 36 heavy (non-hydrogen) atoms. The highest BCUT2D eigenvalue weighted by atomic mass is 32.1. The molecule has 0 fully saturated rings. The Balaban J connectivity index is 1.66. The van der Waals surface area contributed by atoms with E-state index in [0.717, 1.165) is 18.4 Å². The molecule has 1 nitrogen and oxygen atoms in total. The second-order valence-electron chi connectivity index (χ2n) is 9.51. The van der Waals surface area contributed by atoms with Crippen LogP contribution in [0.2, 0.25) is 0 Å². The van der Waals surface area contributed by atoms with Crippen LogP contribution in [0.4, 0.5) is 0 Å². The van der Waals surface area contributed by atoms with E-state index in [1.54, 1.807) is 0 Å². The zero-order valence-electron chi connectivity index (χ0n) is 21.1. The second-order valence-corrected chi connectivity index (χ2v) is 12.0. The molecule has 0 bridgehead atoms. The molecule has 5 rings (SSSR count). The van der Waals surface area contributed by atoms with Crippen molar-refractivity contribution in [3.8, 4) is 20.9 Å². The van der Waals surface area contributed by atoms with Crippen molar-refractivity contribution < 1.29 is 5.11 Å². The normalized spacial score (nSPS) is 17.2. The van der Waals surface area contributed by atoms with Gasteiger partial charge in [0.15, 0.2) is 0 Å². The van der Waals surface area contributed by atoms with Crippen LogP contribution in [0.3, 0.4) is 0 Å². The molecule has 0 amide bonds. The van der Waals surface area contributed by atoms with Crippen molar-refractivity contribution in [2.45, 2.75) is 39.7 Å². The van der Waals surface area contributed by atoms with E-state index in [0.29, 0.717) is 0 Å². The fourth-order valence-electron chi connectivity index (χ4n) is 5.23. The highest BCUT2D eigenvalue weighted by Crippen LogP contribution is 2.49. The van der Waals surface area contributed by atoms with Crippen LogP contribution in [0, 0.1) is 19.8 Å². The van der Waals surface area contributed by atoms with Crippen LogP contribution in [-0.2, 0) is 0 Å². The number of benzene rings is 2. The minimum absolute atomic E-state index is 0.0203. The van der Waals surface area contributed by atoms with Gasteiger partial charge >= 0.3 is 0 Å².